The number of nitrogens with zero attached hydrogens (tertiary/aromatic N) is 1. The van der Waals surface area contributed by atoms with Gasteiger partial charge in [-0.05, 0) is 26.7 Å². The second-order valence-electron chi connectivity index (χ2n) is 4.32. The van der Waals surface area contributed by atoms with Gasteiger partial charge < -0.3 is 9.64 Å². The van der Waals surface area contributed by atoms with Gasteiger partial charge in [-0.2, -0.15) is 0 Å². The number of hydrogen-bond donors (Lipinski definition) is 0. The standard InChI is InChI=1S/C13H27NO2/c1-7-12(8-2)14(9-3)13(15)10(4)11(5)16-6/h10-12H,7-9H2,1-6H3. The maximum atomic E-state index is 12.3. The van der Waals surface area contributed by atoms with Crippen molar-refractivity contribution in [3.05, 3.63) is 0 Å². The third-order valence-electron chi connectivity index (χ3n) is 3.47. The number of carbonyl (C=O) groups excluding carboxylic acids is 1. The van der Waals surface area contributed by atoms with E-state index in [0.29, 0.717) is 6.04 Å². The summed E-state index contributed by atoms with van der Waals surface area (Å²) in [6.07, 6.45) is 2.02. The van der Waals surface area contributed by atoms with Crippen molar-refractivity contribution in [1.29, 1.82) is 0 Å². The number of methoxy groups -OCH3 is 1. The van der Waals surface area contributed by atoms with Crippen LogP contribution in [0.1, 0.15) is 47.5 Å². The van der Waals surface area contributed by atoms with Crippen molar-refractivity contribution in [2.75, 3.05) is 13.7 Å². The van der Waals surface area contributed by atoms with E-state index in [2.05, 4.69) is 13.8 Å². The Hall–Kier alpha value is -0.570. The van der Waals surface area contributed by atoms with Crippen molar-refractivity contribution in [2.24, 2.45) is 5.92 Å². The normalized spacial score (nSPS) is 14.9. The van der Waals surface area contributed by atoms with Gasteiger partial charge in [0.15, 0.2) is 0 Å². The molecule has 0 aliphatic carbocycles. The van der Waals surface area contributed by atoms with Crippen LogP contribution in [0.2, 0.25) is 0 Å². The molecule has 0 saturated carbocycles. The molecule has 2 atom stereocenters. The Kier molecular flexibility index (Phi) is 7.39. The summed E-state index contributed by atoms with van der Waals surface area (Å²) < 4.78 is 5.23. The van der Waals surface area contributed by atoms with E-state index in [4.69, 9.17) is 4.74 Å². The van der Waals surface area contributed by atoms with E-state index in [9.17, 15) is 4.79 Å². The van der Waals surface area contributed by atoms with Gasteiger partial charge in [0.05, 0.1) is 12.0 Å². The van der Waals surface area contributed by atoms with Crippen molar-refractivity contribution in [3.8, 4) is 0 Å². The van der Waals surface area contributed by atoms with Gasteiger partial charge in [-0.15, -0.1) is 0 Å². The van der Waals surface area contributed by atoms with Crippen LogP contribution in [-0.4, -0.2) is 36.6 Å². The van der Waals surface area contributed by atoms with Gasteiger partial charge in [0.25, 0.3) is 0 Å². The Labute approximate surface area is 100 Å². The third kappa shape index (κ3) is 3.78. The van der Waals surface area contributed by atoms with E-state index in [1.54, 1.807) is 7.11 Å². The van der Waals surface area contributed by atoms with Crippen LogP contribution in [0.15, 0.2) is 0 Å². The Balaban J connectivity index is 4.63. The summed E-state index contributed by atoms with van der Waals surface area (Å²) >= 11 is 0. The molecule has 0 aromatic heterocycles. The quantitative estimate of drug-likeness (QED) is 0.672. The molecule has 0 aliphatic rings. The molecule has 0 fully saturated rings. The van der Waals surface area contributed by atoms with Crippen LogP contribution in [0.4, 0.5) is 0 Å². The Morgan fingerprint density at radius 1 is 1.19 bits per heavy atom. The first-order valence-electron chi connectivity index (χ1n) is 6.36. The summed E-state index contributed by atoms with van der Waals surface area (Å²) in [5.41, 5.74) is 0. The minimum absolute atomic E-state index is 0.0177. The van der Waals surface area contributed by atoms with Gasteiger partial charge in [0.1, 0.15) is 0 Å². The van der Waals surface area contributed by atoms with E-state index in [1.807, 2.05) is 25.7 Å². The molecular formula is C13H27NO2. The van der Waals surface area contributed by atoms with Crippen molar-refractivity contribution in [2.45, 2.75) is 59.6 Å². The van der Waals surface area contributed by atoms with Gasteiger partial charge in [-0.1, -0.05) is 20.8 Å². The fourth-order valence-corrected chi connectivity index (χ4v) is 1.99. The van der Waals surface area contributed by atoms with E-state index < -0.39 is 0 Å². The summed E-state index contributed by atoms with van der Waals surface area (Å²) in [4.78, 5) is 14.3. The molecule has 16 heavy (non-hydrogen) atoms. The van der Waals surface area contributed by atoms with Gasteiger partial charge in [-0.3, -0.25) is 4.79 Å². The fourth-order valence-electron chi connectivity index (χ4n) is 1.99. The molecule has 0 bridgehead atoms. The minimum atomic E-state index is -0.0643. The SMILES string of the molecule is CCC(CC)N(CC)C(=O)C(C)C(C)OC. The molecular weight excluding hydrogens is 202 g/mol. The van der Waals surface area contributed by atoms with Crippen LogP contribution < -0.4 is 0 Å². The van der Waals surface area contributed by atoms with Crippen LogP contribution in [0, 0.1) is 5.92 Å². The number of hydrogen-bond acceptors (Lipinski definition) is 2. The molecule has 0 aromatic carbocycles. The molecule has 0 N–H and O–H groups in total. The molecule has 0 saturated heterocycles. The van der Waals surface area contributed by atoms with Crippen LogP contribution >= 0.6 is 0 Å². The Morgan fingerprint density at radius 3 is 2.00 bits per heavy atom. The van der Waals surface area contributed by atoms with Crippen LogP contribution in [0.5, 0.6) is 0 Å². The number of rotatable bonds is 7. The molecule has 1 amide bonds. The zero-order valence-electron chi connectivity index (χ0n) is 11.6. The molecule has 0 spiro atoms. The lowest BCUT2D eigenvalue weighted by Crippen LogP contribution is -2.45. The van der Waals surface area contributed by atoms with Crippen molar-refractivity contribution in [3.63, 3.8) is 0 Å². The lowest BCUT2D eigenvalue weighted by Gasteiger charge is -2.33. The summed E-state index contributed by atoms with van der Waals surface area (Å²) in [5, 5.41) is 0. The highest BCUT2D eigenvalue weighted by atomic mass is 16.5. The monoisotopic (exact) mass is 229 g/mol. The summed E-state index contributed by atoms with van der Waals surface area (Å²) in [5.74, 6) is 0.149. The second-order valence-corrected chi connectivity index (χ2v) is 4.32. The van der Waals surface area contributed by atoms with Gasteiger partial charge >= 0.3 is 0 Å². The molecule has 0 aliphatic heterocycles. The third-order valence-corrected chi connectivity index (χ3v) is 3.47. The molecule has 0 heterocycles. The van der Waals surface area contributed by atoms with Gasteiger partial charge in [-0.25, -0.2) is 0 Å². The van der Waals surface area contributed by atoms with Crippen LogP contribution in [0.25, 0.3) is 0 Å². The van der Waals surface area contributed by atoms with Crippen molar-refractivity contribution in [1.82, 2.24) is 4.90 Å². The number of ether oxygens (including phenoxy) is 1. The predicted octanol–water partition coefficient (Wildman–Crippen LogP) is 2.69. The first-order chi connectivity index (χ1) is 7.53. The topological polar surface area (TPSA) is 29.5 Å². The lowest BCUT2D eigenvalue weighted by atomic mass is 10.0. The van der Waals surface area contributed by atoms with E-state index in [0.717, 1.165) is 19.4 Å². The highest BCUT2D eigenvalue weighted by Gasteiger charge is 2.27. The largest absolute Gasteiger partial charge is 0.381 e. The fraction of sp³-hybridized carbons (Fsp3) is 0.923. The highest BCUT2D eigenvalue weighted by Crippen LogP contribution is 2.16. The van der Waals surface area contributed by atoms with Crippen LogP contribution in [0.3, 0.4) is 0 Å². The molecule has 0 radical (unpaired) electrons. The van der Waals surface area contributed by atoms with Crippen LogP contribution in [-0.2, 0) is 9.53 Å². The first-order valence-corrected chi connectivity index (χ1v) is 6.36. The van der Waals surface area contributed by atoms with Crippen molar-refractivity contribution >= 4 is 5.91 Å². The Bertz CT molecular complexity index is 202. The first kappa shape index (κ1) is 15.4. The lowest BCUT2D eigenvalue weighted by molar-refractivity contribution is -0.141. The highest BCUT2D eigenvalue weighted by molar-refractivity contribution is 5.79. The van der Waals surface area contributed by atoms with E-state index >= 15 is 0 Å². The molecule has 2 unspecified atom stereocenters. The van der Waals surface area contributed by atoms with Gasteiger partial charge in [0.2, 0.25) is 5.91 Å². The Morgan fingerprint density at radius 2 is 1.69 bits per heavy atom. The average Bonchev–Trinajstić information content (AvgIpc) is 2.32. The van der Waals surface area contributed by atoms with E-state index in [-0.39, 0.29) is 17.9 Å². The summed E-state index contributed by atoms with van der Waals surface area (Å²) in [6, 6.07) is 0.365. The minimum Gasteiger partial charge on any atom is -0.381 e. The molecule has 0 rings (SSSR count). The zero-order chi connectivity index (χ0) is 12.7. The maximum Gasteiger partial charge on any atom is 0.228 e. The zero-order valence-corrected chi connectivity index (χ0v) is 11.6. The predicted molar refractivity (Wildman–Crippen MR) is 67.4 cm³/mol. The molecule has 3 heteroatoms. The molecule has 0 aromatic rings. The van der Waals surface area contributed by atoms with E-state index in [1.165, 1.54) is 0 Å². The van der Waals surface area contributed by atoms with Gasteiger partial charge in [0, 0.05) is 19.7 Å². The average molecular weight is 229 g/mol. The maximum absolute atomic E-state index is 12.3. The molecule has 3 nitrogen and oxygen atoms in total. The van der Waals surface area contributed by atoms with Crippen molar-refractivity contribution < 1.29 is 9.53 Å². The summed E-state index contributed by atoms with van der Waals surface area (Å²) in [7, 11) is 1.65. The number of amides is 1. The number of carbonyl (C=O) groups is 1. The summed E-state index contributed by atoms with van der Waals surface area (Å²) in [6.45, 7) is 11.0. The molecule has 96 valence electrons. The second kappa shape index (κ2) is 7.66. The smallest absolute Gasteiger partial charge is 0.228 e.